The van der Waals surface area contributed by atoms with E-state index in [1.54, 1.807) is 23.9 Å². The van der Waals surface area contributed by atoms with E-state index in [2.05, 4.69) is 34.2 Å². The molecule has 0 radical (unpaired) electrons. The van der Waals surface area contributed by atoms with Crippen molar-refractivity contribution in [3.63, 3.8) is 0 Å². The van der Waals surface area contributed by atoms with Crippen LogP contribution in [0.5, 0.6) is 5.75 Å². The number of hydrogen-bond acceptors (Lipinski definition) is 5. The Hall–Kier alpha value is -3.71. The molecule has 5 rings (SSSR count). The molecule has 6 nitrogen and oxygen atoms in total. The number of ether oxygens (including phenoxy) is 1. The van der Waals surface area contributed by atoms with Gasteiger partial charge >= 0.3 is 0 Å². The van der Waals surface area contributed by atoms with E-state index >= 15 is 0 Å². The highest BCUT2D eigenvalue weighted by molar-refractivity contribution is 6.33. The second kappa shape index (κ2) is 8.91. The van der Waals surface area contributed by atoms with Crippen LogP contribution < -0.4 is 10.1 Å². The first-order valence-electron chi connectivity index (χ1n) is 10.9. The molecule has 0 amide bonds. The number of benzene rings is 2. The van der Waals surface area contributed by atoms with Crippen LogP contribution >= 0.6 is 11.6 Å². The molecular weight excluding hydrogens is 453 g/mol. The molecule has 1 aliphatic heterocycles. The quantitative estimate of drug-likeness (QED) is 0.361. The molecule has 172 valence electrons. The molecule has 1 N–H and O–H groups in total. The summed E-state index contributed by atoms with van der Waals surface area (Å²) in [7, 11) is 1.66. The number of allylic oxidation sites excluding steroid dienone is 1. The number of methoxy groups -OCH3 is 1. The lowest BCUT2D eigenvalue weighted by atomic mass is 9.87. The molecule has 34 heavy (non-hydrogen) atoms. The van der Waals surface area contributed by atoms with Gasteiger partial charge in [-0.1, -0.05) is 18.5 Å². The molecule has 2 aromatic carbocycles. The normalized spacial score (nSPS) is 17.6. The van der Waals surface area contributed by atoms with Gasteiger partial charge in [-0.15, -0.1) is 5.10 Å². The average molecular weight is 476 g/mol. The van der Waals surface area contributed by atoms with Gasteiger partial charge < -0.3 is 10.1 Å². The summed E-state index contributed by atoms with van der Waals surface area (Å²) in [5, 5.41) is 8.11. The summed E-state index contributed by atoms with van der Waals surface area (Å²) in [6, 6.07) is 14.2. The van der Waals surface area contributed by atoms with Gasteiger partial charge in [-0.3, -0.25) is 4.99 Å². The van der Waals surface area contributed by atoms with Gasteiger partial charge in [0.15, 0.2) is 5.65 Å². The van der Waals surface area contributed by atoms with Crippen LogP contribution in [0.3, 0.4) is 0 Å². The number of rotatable bonds is 5. The molecule has 4 aromatic rings. The highest BCUT2D eigenvalue weighted by atomic mass is 35.5. The Bertz CT molecular complexity index is 1440. The first-order chi connectivity index (χ1) is 16.4. The Labute approximate surface area is 201 Å². The van der Waals surface area contributed by atoms with Gasteiger partial charge in [0.1, 0.15) is 11.6 Å². The van der Waals surface area contributed by atoms with Crippen molar-refractivity contribution in [2.45, 2.75) is 19.9 Å². The van der Waals surface area contributed by atoms with E-state index in [0.717, 1.165) is 22.6 Å². The zero-order valence-electron chi connectivity index (χ0n) is 19.0. The minimum atomic E-state index is -0.387. The molecule has 2 aromatic heterocycles. The van der Waals surface area contributed by atoms with Crippen molar-refractivity contribution in [1.82, 2.24) is 14.6 Å². The zero-order chi connectivity index (χ0) is 23.8. The topological polar surface area (TPSA) is 63.8 Å². The van der Waals surface area contributed by atoms with Gasteiger partial charge in [-0.2, -0.15) is 4.98 Å². The third-order valence-corrected chi connectivity index (χ3v) is 6.45. The monoisotopic (exact) mass is 475 g/mol. The molecule has 0 fully saturated rings. The summed E-state index contributed by atoms with van der Waals surface area (Å²) in [6.45, 7) is 4.28. The van der Waals surface area contributed by atoms with Gasteiger partial charge in [0.2, 0.25) is 5.95 Å². The molecular formula is C26H23ClFN5O. The molecule has 3 heterocycles. The van der Waals surface area contributed by atoms with Gasteiger partial charge in [0, 0.05) is 46.8 Å². The average Bonchev–Trinajstić information content (AvgIpc) is 3.24. The lowest BCUT2D eigenvalue weighted by Crippen LogP contribution is -2.17. The van der Waals surface area contributed by atoms with E-state index in [1.165, 1.54) is 17.7 Å². The van der Waals surface area contributed by atoms with E-state index in [-0.39, 0.29) is 17.8 Å². The fourth-order valence-electron chi connectivity index (χ4n) is 4.15. The van der Waals surface area contributed by atoms with E-state index < -0.39 is 0 Å². The lowest BCUT2D eigenvalue weighted by molar-refractivity contribution is 0.412. The molecule has 0 bridgehead atoms. The standard InChI is InChI=1S/C26H23ClFN5O/c1-15-16(2)29-11-10-19(15)21-9-7-18(14-24(21)34-3)30-26-31-25-22(5-4-12-33(25)32-26)20-8-6-17(28)13-23(20)27/h4-16H,1-3H3,(H,30,32). The van der Waals surface area contributed by atoms with Crippen LogP contribution in [-0.2, 0) is 0 Å². The Morgan fingerprint density at radius 3 is 2.68 bits per heavy atom. The number of nitrogens with zero attached hydrogens (tertiary/aromatic N) is 4. The maximum Gasteiger partial charge on any atom is 0.247 e. The maximum absolute atomic E-state index is 13.5. The molecule has 0 spiro atoms. The molecule has 2 atom stereocenters. The van der Waals surface area contributed by atoms with Crippen molar-refractivity contribution in [3.8, 4) is 16.9 Å². The minimum absolute atomic E-state index is 0.216. The third-order valence-electron chi connectivity index (χ3n) is 6.14. The Morgan fingerprint density at radius 2 is 1.88 bits per heavy atom. The molecule has 0 saturated heterocycles. The number of nitrogens with one attached hydrogen (secondary N) is 1. The largest absolute Gasteiger partial charge is 0.496 e. The smallest absolute Gasteiger partial charge is 0.247 e. The first kappa shape index (κ1) is 22.1. The number of pyridine rings is 1. The van der Waals surface area contributed by atoms with E-state index in [9.17, 15) is 4.39 Å². The second-order valence-corrected chi connectivity index (χ2v) is 8.65. The summed E-state index contributed by atoms with van der Waals surface area (Å²) >= 11 is 6.29. The predicted octanol–water partition coefficient (Wildman–Crippen LogP) is 6.43. The Kier molecular flexibility index (Phi) is 5.79. The first-order valence-corrected chi connectivity index (χ1v) is 11.3. The summed E-state index contributed by atoms with van der Waals surface area (Å²) in [5.74, 6) is 1.08. The molecule has 1 aliphatic rings. The summed E-state index contributed by atoms with van der Waals surface area (Å²) in [6.07, 6.45) is 5.70. The van der Waals surface area contributed by atoms with Crippen molar-refractivity contribution < 1.29 is 9.13 Å². The van der Waals surface area contributed by atoms with Crippen LogP contribution in [0.15, 0.2) is 65.8 Å². The van der Waals surface area contributed by atoms with Gasteiger partial charge in [-0.05, 0) is 61.0 Å². The SMILES string of the molecule is COc1cc(Nc2nc3c(-c4ccc(F)cc4Cl)cccn3n2)ccc1C1=CC=NC(C)C1C. The summed E-state index contributed by atoms with van der Waals surface area (Å²) in [4.78, 5) is 9.13. The van der Waals surface area contributed by atoms with Crippen molar-refractivity contribution in [1.29, 1.82) is 0 Å². The zero-order valence-corrected chi connectivity index (χ0v) is 19.7. The fraction of sp³-hybridized carbons (Fsp3) is 0.192. The van der Waals surface area contributed by atoms with Crippen molar-refractivity contribution in [2.75, 3.05) is 12.4 Å². The molecule has 8 heteroatoms. The second-order valence-electron chi connectivity index (χ2n) is 8.24. The highest BCUT2D eigenvalue weighted by Gasteiger charge is 2.22. The summed E-state index contributed by atoms with van der Waals surface area (Å²) < 4.78 is 20.9. The predicted molar refractivity (Wildman–Crippen MR) is 135 cm³/mol. The van der Waals surface area contributed by atoms with Crippen molar-refractivity contribution >= 4 is 40.7 Å². The van der Waals surface area contributed by atoms with Crippen LogP contribution in [0.4, 0.5) is 16.0 Å². The van der Waals surface area contributed by atoms with Crippen molar-refractivity contribution in [2.24, 2.45) is 10.9 Å². The lowest BCUT2D eigenvalue weighted by Gasteiger charge is -2.24. The summed E-state index contributed by atoms with van der Waals surface area (Å²) in [5.41, 5.74) is 5.08. The number of aliphatic imine (C=N–C) groups is 1. The number of dihydropyridines is 1. The van der Waals surface area contributed by atoms with Gasteiger partial charge in [0.25, 0.3) is 0 Å². The Morgan fingerprint density at radius 1 is 1.06 bits per heavy atom. The maximum atomic E-state index is 13.5. The highest BCUT2D eigenvalue weighted by Crippen LogP contribution is 2.37. The minimum Gasteiger partial charge on any atom is -0.496 e. The molecule has 0 aliphatic carbocycles. The van der Waals surface area contributed by atoms with Crippen LogP contribution in [0.1, 0.15) is 19.4 Å². The van der Waals surface area contributed by atoms with Crippen LogP contribution in [0, 0.1) is 11.7 Å². The molecule has 2 unspecified atom stereocenters. The van der Waals surface area contributed by atoms with Crippen LogP contribution in [0.25, 0.3) is 22.3 Å². The van der Waals surface area contributed by atoms with Crippen LogP contribution in [-0.4, -0.2) is 34.0 Å². The van der Waals surface area contributed by atoms with E-state index in [0.29, 0.717) is 22.2 Å². The number of halogens is 2. The number of aromatic nitrogens is 3. The van der Waals surface area contributed by atoms with E-state index in [1.807, 2.05) is 42.6 Å². The van der Waals surface area contributed by atoms with Crippen molar-refractivity contribution in [3.05, 3.63) is 77.2 Å². The van der Waals surface area contributed by atoms with Crippen LogP contribution in [0.2, 0.25) is 5.02 Å². The number of fused-ring (bicyclic) bond motifs is 1. The fourth-order valence-corrected chi connectivity index (χ4v) is 4.42. The number of anilines is 2. The third kappa shape index (κ3) is 4.03. The number of hydrogen-bond donors (Lipinski definition) is 1. The van der Waals surface area contributed by atoms with Gasteiger partial charge in [-0.25, -0.2) is 8.91 Å². The van der Waals surface area contributed by atoms with Gasteiger partial charge in [0.05, 0.1) is 18.2 Å². The molecule has 0 saturated carbocycles. The Balaban J connectivity index is 1.48. The van der Waals surface area contributed by atoms with E-state index in [4.69, 9.17) is 16.3 Å².